The van der Waals surface area contributed by atoms with Crippen molar-refractivity contribution in [3.63, 3.8) is 0 Å². The van der Waals surface area contributed by atoms with Gasteiger partial charge in [0.25, 0.3) is 0 Å². The Kier molecular flexibility index (Phi) is 4.35. The molecule has 1 unspecified atom stereocenters. The van der Waals surface area contributed by atoms with Crippen LogP contribution in [0.25, 0.3) is 0 Å². The summed E-state index contributed by atoms with van der Waals surface area (Å²) in [7, 11) is 0. The van der Waals surface area contributed by atoms with Crippen LogP contribution in [0.4, 0.5) is 0 Å². The van der Waals surface area contributed by atoms with Gasteiger partial charge in [0.1, 0.15) is 0 Å². The molecular formula is C8H17NO2S. The van der Waals surface area contributed by atoms with Gasteiger partial charge in [0, 0.05) is 12.3 Å². The molecule has 0 radical (unpaired) electrons. The molecule has 0 aromatic heterocycles. The summed E-state index contributed by atoms with van der Waals surface area (Å²) in [6.45, 7) is 1.07. The Morgan fingerprint density at radius 3 is 2.92 bits per heavy atom. The Balaban J connectivity index is 2.37. The molecule has 0 spiro atoms. The van der Waals surface area contributed by atoms with Gasteiger partial charge in [-0.2, -0.15) is 11.8 Å². The summed E-state index contributed by atoms with van der Waals surface area (Å²) in [6, 6.07) is 0. The zero-order valence-electron chi connectivity index (χ0n) is 7.29. The third kappa shape index (κ3) is 2.62. The normalized spacial score (nSPS) is 30.5. The number of rotatable bonds is 4. The largest absolute Gasteiger partial charge is 0.394 e. The standard InChI is InChI=1S/C8H17NO2S/c9-6-8(11-4-3-10)2-1-5-12-7-8/h10H,1-7,9H2. The Hall–Kier alpha value is 0.230. The number of aliphatic hydroxyl groups is 1. The van der Waals surface area contributed by atoms with Crippen molar-refractivity contribution in [2.24, 2.45) is 5.73 Å². The van der Waals surface area contributed by atoms with Crippen molar-refractivity contribution < 1.29 is 9.84 Å². The lowest BCUT2D eigenvalue weighted by molar-refractivity contribution is -0.0429. The Labute approximate surface area is 77.7 Å². The Bertz CT molecular complexity index is 126. The molecule has 0 aliphatic carbocycles. The molecule has 1 fully saturated rings. The second-order valence-electron chi connectivity index (χ2n) is 3.12. The smallest absolute Gasteiger partial charge is 0.0895 e. The van der Waals surface area contributed by atoms with Crippen molar-refractivity contribution in [3.8, 4) is 0 Å². The number of hydrogen-bond acceptors (Lipinski definition) is 4. The molecule has 1 heterocycles. The van der Waals surface area contributed by atoms with Crippen LogP contribution in [0.3, 0.4) is 0 Å². The van der Waals surface area contributed by atoms with Gasteiger partial charge in [0.15, 0.2) is 0 Å². The molecule has 3 nitrogen and oxygen atoms in total. The first-order valence-electron chi connectivity index (χ1n) is 4.36. The fourth-order valence-corrected chi connectivity index (χ4v) is 2.63. The highest BCUT2D eigenvalue weighted by Gasteiger charge is 2.31. The summed E-state index contributed by atoms with van der Waals surface area (Å²) < 4.78 is 5.57. The van der Waals surface area contributed by atoms with E-state index in [0.29, 0.717) is 13.2 Å². The molecule has 0 bridgehead atoms. The molecule has 4 heteroatoms. The van der Waals surface area contributed by atoms with Gasteiger partial charge in [-0.1, -0.05) is 0 Å². The lowest BCUT2D eigenvalue weighted by Gasteiger charge is -2.35. The van der Waals surface area contributed by atoms with E-state index in [9.17, 15) is 0 Å². The van der Waals surface area contributed by atoms with Gasteiger partial charge in [-0.15, -0.1) is 0 Å². The van der Waals surface area contributed by atoms with E-state index >= 15 is 0 Å². The predicted octanol–water partition coefficient (Wildman–Crippen LogP) is 0.220. The molecular weight excluding hydrogens is 174 g/mol. The molecule has 0 aromatic rings. The minimum atomic E-state index is -0.147. The maximum absolute atomic E-state index is 8.63. The minimum Gasteiger partial charge on any atom is -0.394 e. The molecule has 0 saturated carbocycles. The SMILES string of the molecule is NCC1(OCCO)CCCSC1. The third-order valence-electron chi connectivity index (χ3n) is 2.16. The zero-order chi connectivity index (χ0) is 8.86. The van der Waals surface area contributed by atoms with E-state index in [2.05, 4.69) is 0 Å². The van der Waals surface area contributed by atoms with Gasteiger partial charge in [-0.3, -0.25) is 0 Å². The number of thioether (sulfide) groups is 1. The summed E-state index contributed by atoms with van der Waals surface area (Å²) >= 11 is 1.89. The molecule has 12 heavy (non-hydrogen) atoms. The van der Waals surface area contributed by atoms with Gasteiger partial charge in [0.2, 0.25) is 0 Å². The van der Waals surface area contributed by atoms with Crippen molar-refractivity contribution in [2.45, 2.75) is 18.4 Å². The monoisotopic (exact) mass is 191 g/mol. The van der Waals surface area contributed by atoms with E-state index in [1.807, 2.05) is 11.8 Å². The number of nitrogens with two attached hydrogens (primary N) is 1. The van der Waals surface area contributed by atoms with Crippen molar-refractivity contribution in [2.75, 3.05) is 31.3 Å². The predicted molar refractivity (Wildman–Crippen MR) is 51.4 cm³/mol. The maximum atomic E-state index is 8.63. The maximum Gasteiger partial charge on any atom is 0.0895 e. The van der Waals surface area contributed by atoms with Crippen LogP contribution in [0.1, 0.15) is 12.8 Å². The van der Waals surface area contributed by atoms with E-state index in [1.54, 1.807) is 0 Å². The molecule has 1 atom stereocenters. The van der Waals surface area contributed by atoms with Crippen LogP contribution in [0, 0.1) is 0 Å². The van der Waals surface area contributed by atoms with Crippen LogP contribution in [0.2, 0.25) is 0 Å². The molecule has 1 rings (SSSR count). The molecule has 0 amide bonds. The molecule has 0 aromatic carbocycles. The molecule has 1 saturated heterocycles. The van der Waals surface area contributed by atoms with Crippen LogP contribution in [-0.2, 0) is 4.74 Å². The van der Waals surface area contributed by atoms with Crippen LogP contribution in [0.15, 0.2) is 0 Å². The number of ether oxygens (including phenoxy) is 1. The second kappa shape index (κ2) is 5.07. The van der Waals surface area contributed by atoms with Gasteiger partial charge >= 0.3 is 0 Å². The highest BCUT2D eigenvalue weighted by molar-refractivity contribution is 7.99. The lowest BCUT2D eigenvalue weighted by atomic mass is 10.00. The highest BCUT2D eigenvalue weighted by atomic mass is 32.2. The average Bonchev–Trinajstić information content (AvgIpc) is 2.16. The summed E-state index contributed by atoms with van der Waals surface area (Å²) in [5.74, 6) is 2.19. The molecule has 1 aliphatic heterocycles. The lowest BCUT2D eigenvalue weighted by Crippen LogP contribution is -2.45. The topological polar surface area (TPSA) is 55.5 Å². The second-order valence-corrected chi connectivity index (χ2v) is 4.22. The van der Waals surface area contributed by atoms with E-state index < -0.39 is 0 Å². The Morgan fingerprint density at radius 2 is 2.42 bits per heavy atom. The first-order chi connectivity index (χ1) is 5.83. The molecule has 3 N–H and O–H groups in total. The van der Waals surface area contributed by atoms with Crippen molar-refractivity contribution in [1.82, 2.24) is 0 Å². The summed E-state index contributed by atoms with van der Waals surface area (Å²) in [6.07, 6.45) is 2.21. The molecule has 1 aliphatic rings. The van der Waals surface area contributed by atoms with E-state index in [-0.39, 0.29) is 12.2 Å². The summed E-state index contributed by atoms with van der Waals surface area (Å²) in [5, 5.41) is 8.63. The minimum absolute atomic E-state index is 0.0897. The third-order valence-corrected chi connectivity index (χ3v) is 3.47. The fraction of sp³-hybridized carbons (Fsp3) is 1.00. The van der Waals surface area contributed by atoms with Crippen molar-refractivity contribution in [3.05, 3.63) is 0 Å². The zero-order valence-corrected chi connectivity index (χ0v) is 8.11. The number of hydrogen-bond donors (Lipinski definition) is 2. The van der Waals surface area contributed by atoms with E-state index in [1.165, 1.54) is 12.2 Å². The molecule has 72 valence electrons. The highest BCUT2D eigenvalue weighted by Crippen LogP contribution is 2.28. The Morgan fingerprint density at radius 1 is 1.58 bits per heavy atom. The fourth-order valence-electron chi connectivity index (χ4n) is 1.42. The summed E-state index contributed by atoms with van der Waals surface area (Å²) in [4.78, 5) is 0. The number of aliphatic hydroxyl groups excluding tert-OH is 1. The first-order valence-corrected chi connectivity index (χ1v) is 5.51. The van der Waals surface area contributed by atoms with Gasteiger partial charge in [0.05, 0.1) is 18.8 Å². The van der Waals surface area contributed by atoms with Crippen LogP contribution in [0.5, 0.6) is 0 Å². The van der Waals surface area contributed by atoms with Gasteiger partial charge in [-0.25, -0.2) is 0 Å². The van der Waals surface area contributed by atoms with Crippen LogP contribution in [-0.4, -0.2) is 42.0 Å². The van der Waals surface area contributed by atoms with Crippen molar-refractivity contribution >= 4 is 11.8 Å². The van der Waals surface area contributed by atoms with Crippen molar-refractivity contribution in [1.29, 1.82) is 0 Å². The first kappa shape index (κ1) is 10.3. The van der Waals surface area contributed by atoms with Crippen LogP contribution >= 0.6 is 11.8 Å². The van der Waals surface area contributed by atoms with E-state index in [0.717, 1.165) is 12.2 Å². The van der Waals surface area contributed by atoms with E-state index in [4.69, 9.17) is 15.6 Å². The average molecular weight is 191 g/mol. The van der Waals surface area contributed by atoms with Gasteiger partial charge in [-0.05, 0) is 18.6 Å². The summed E-state index contributed by atoms with van der Waals surface area (Å²) in [5.41, 5.74) is 5.51. The van der Waals surface area contributed by atoms with Gasteiger partial charge < -0.3 is 15.6 Å². The quantitative estimate of drug-likeness (QED) is 0.667. The van der Waals surface area contributed by atoms with Crippen LogP contribution < -0.4 is 5.73 Å².